The van der Waals surface area contributed by atoms with Crippen molar-refractivity contribution in [1.82, 2.24) is 4.90 Å². The van der Waals surface area contributed by atoms with E-state index in [-0.39, 0.29) is 17.9 Å². The fourth-order valence-electron chi connectivity index (χ4n) is 8.00. The number of carbonyl (C=O) groups is 3. The van der Waals surface area contributed by atoms with Crippen molar-refractivity contribution in [2.24, 2.45) is 17.8 Å². The number of likely N-dealkylation sites (N-methyl/N-ethyl adjacent to an activating group) is 1. The third-order valence-electron chi connectivity index (χ3n) is 12.1. The predicted octanol–water partition coefficient (Wildman–Crippen LogP) is 14.0. The van der Waals surface area contributed by atoms with Gasteiger partial charge in [0.25, 0.3) is 0 Å². The Balaban J connectivity index is 4.51. The largest absolute Gasteiger partial charge is 0.466 e. The van der Waals surface area contributed by atoms with Crippen LogP contribution in [-0.4, -0.2) is 76.0 Å². The molecule has 0 heterocycles. The second kappa shape index (κ2) is 43.0. The lowest BCUT2D eigenvalue weighted by Gasteiger charge is -2.19. The lowest BCUT2D eigenvalue weighted by Crippen LogP contribution is -2.28. The summed E-state index contributed by atoms with van der Waals surface area (Å²) in [6.07, 6.45) is 35.5. The topological polar surface area (TPSA) is 91.4 Å². The summed E-state index contributed by atoms with van der Waals surface area (Å²) in [5, 5.41) is 0. The molecule has 0 aliphatic rings. The third-order valence-corrected chi connectivity index (χ3v) is 12.1. The van der Waals surface area contributed by atoms with Crippen LogP contribution in [0.4, 0.5) is 0 Å². The summed E-state index contributed by atoms with van der Waals surface area (Å²) in [6.45, 7) is 13.6. The average molecular weight is 838 g/mol. The molecule has 0 radical (unpaired) electrons. The minimum atomic E-state index is -0.565. The zero-order valence-electron chi connectivity index (χ0n) is 40.3. The van der Waals surface area contributed by atoms with Crippen LogP contribution in [0.3, 0.4) is 0 Å². The maximum Gasteiger partial charge on any atom is 0.334 e. The van der Waals surface area contributed by atoms with Crippen LogP contribution in [0.1, 0.15) is 240 Å². The first-order valence-electron chi connectivity index (χ1n) is 25.4. The van der Waals surface area contributed by atoms with Gasteiger partial charge in [-0.1, -0.05) is 182 Å². The summed E-state index contributed by atoms with van der Waals surface area (Å²) < 4.78 is 22.8. The Kier molecular flexibility index (Phi) is 41.8. The van der Waals surface area contributed by atoms with Crippen LogP contribution >= 0.6 is 0 Å². The molecule has 1 atom stereocenters. The van der Waals surface area contributed by atoms with Gasteiger partial charge in [0, 0.05) is 19.4 Å². The highest BCUT2D eigenvalue weighted by Gasteiger charge is 2.18. The van der Waals surface area contributed by atoms with E-state index in [0.29, 0.717) is 57.0 Å². The average Bonchev–Trinajstić information content (AvgIpc) is 3.21. The Morgan fingerprint density at radius 2 is 0.780 bits per heavy atom. The van der Waals surface area contributed by atoms with E-state index in [0.717, 1.165) is 96.4 Å². The molecule has 1 unspecified atom stereocenters. The standard InChI is InChI=1S/C51H99NO7/c1-8-12-22-30-46(31-23-13-9-2)38-41-57-49(53)36-28-20-16-18-26-34-48(44-59-51(55)45(5)56-43-40-52(6)7)35-27-19-17-21-29-37-50(54)58-42-39-47(32-24-14-10-3)33-25-15-11-4/h45-48H,8-44H2,1-7H3. The van der Waals surface area contributed by atoms with Gasteiger partial charge in [0.2, 0.25) is 0 Å². The van der Waals surface area contributed by atoms with E-state index in [4.69, 9.17) is 18.9 Å². The van der Waals surface area contributed by atoms with E-state index in [2.05, 4.69) is 27.7 Å². The van der Waals surface area contributed by atoms with Crippen molar-refractivity contribution >= 4 is 17.9 Å². The van der Waals surface area contributed by atoms with E-state index in [9.17, 15) is 14.4 Å². The SMILES string of the molecule is CCCCCC(CCCCC)CCOC(=O)CCCCCCCC(CCCCCCCC(=O)OCCC(CCCCC)CCCCC)COC(=O)C(C)OCCN(C)C. The fraction of sp³-hybridized carbons (Fsp3) is 0.941. The summed E-state index contributed by atoms with van der Waals surface area (Å²) in [4.78, 5) is 39.6. The number of ether oxygens (including phenoxy) is 4. The van der Waals surface area contributed by atoms with Gasteiger partial charge in [0.1, 0.15) is 0 Å². The van der Waals surface area contributed by atoms with Crippen molar-refractivity contribution in [2.45, 2.75) is 246 Å². The molecule has 0 saturated heterocycles. The lowest BCUT2D eigenvalue weighted by molar-refractivity contribution is -0.157. The van der Waals surface area contributed by atoms with Crippen molar-refractivity contribution in [2.75, 3.05) is 47.1 Å². The normalized spacial score (nSPS) is 12.3. The number of hydrogen-bond donors (Lipinski definition) is 0. The van der Waals surface area contributed by atoms with Gasteiger partial charge in [-0.3, -0.25) is 9.59 Å². The van der Waals surface area contributed by atoms with Crippen molar-refractivity contribution in [3.8, 4) is 0 Å². The van der Waals surface area contributed by atoms with Gasteiger partial charge in [-0.05, 0) is 77.3 Å². The molecule has 0 aromatic rings. The van der Waals surface area contributed by atoms with Gasteiger partial charge in [-0.15, -0.1) is 0 Å². The molecule has 0 bridgehead atoms. The Bertz CT molecular complexity index is 867. The fourth-order valence-corrected chi connectivity index (χ4v) is 8.00. The second-order valence-corrected chi connectivity index (χ2v) is 18.2. The highest BCUT2D eigenvalue weighted by molar-refractivity contribution is 5.74. The molecule has 350 valence electrons. The van der Waals surface area contributed by atoms with Gasteiger partial charge in [-0.2, -0.15) is 0 Å². The zero-order chi connectivity index (χ0) is 43.6. The van der Waals surface area contributed by atoms with Crippen LogP contribution in [0.5, 0.6) is 0 Å². The molecule has 0 aromatic carbocycles. The molecular weight excluding hydrogens is 739 g/mol. The quantitative estimate of drug-likeness (QED) is 0.0340. The minimum Gasteiger partial charge on any atom is -0.466 e. The van der Waals surface area contributed by atoms with E-state index < -0.39 is 6.10 Å². The number of carbonyl (C=O) groups excluding carboxylic acids is 3. The molecule has 0 N–H and O–H groups in total. The van der Waals surface area contributed by atoms with E-state index in [1.807, 2.05) is 19.0 Å². The van der Waals surface area contributed by atoms with E-state index in [1.54, 1.807) is 6.92 Å². The summed E-state index contributed by atoms with van der Waals surface area (Å²) in [7, 11) is 3.98. The number of esters is 3. The van der Waals surface area contributed by atoms with Gasteiger partial charge in [-0.25, -0.2) is 4.79 Å². The van der Waals surface area contributed by atoms with E-state index in [1.165, 1.54) is 103 Å². The summed E-state index contributed by atoms with van der Waals surface area (Å²) >= 11 is 0. The Hall–Kier alpha value is -1.67. The number of rotatable bonds is 45. The van der Waals surface area contributed by atoms with Crippen molar-refractivity contribution in [1.29, 1.82) is 0 Å². The molecule has 0 spiro atoms. The van der Waals surface area contributed by atoms with Crippen LogP contribution < -0.4 is 0 Å². The first kappa shape index (κ1) is 57.3. The van der Waals surface area contributed by atoms with Crippen molar-refractivity contribution in [3.63, 3.8) is 0 Å². The number of unbranched alkanes of at least 4 members (excludes halogenated alkanes) is 16. The maximum atomic E-state index is 12.7. The molecule has 0 aromatic heterocycles. The van der Waals surface area contributed by atoms with Crippen molar-refractivity contribution in [3.05, 3.63) is 0 Å². The lowest BCUT2D eigenvalue weighted by atomic mass is 9.92. The molecule has 0 fully saturated rings. The van der Waals surface area contributed by atoms with Crippen LogP contribution in [0.25, 0.3) is 0 Å². The molecule has 0 saturated carbocycles. The minimum absolute atomic E-state index is 0.0395. The van der Waals surface area contributed by atoms with Gasteiger partial charge in [0.15, 0.2) is 6.10 Å². The van der Waals surface area contributed by atoms with Gasteiger partial charge in [0.05, 0.1) is 26.4 Å². The van der Waals surface area contributed by atoms with Crippen LogP contribution in [0.2, 0.25) is 0 Å². The monoisotopic (exact) mass is 838 g/mol. The van der Waals surface area contributed by atoms with Gasteiger partial charge >= 0.3 is 17.9 Å². The summed E-state index contributed by atoms with van der Waals surface area (Å²) in [5.41, 5.74) is 0. The smallest absolute Gasteiger partial charge is 0.334 e. The van der Waals surface area contributed by atoms with Gasteiger partial charge < -0.3 is 23.8 Å². The number of hydrogen-bond acceptors (Lipinski definition) is 8. The molecule has 0 aliphatic heterocycles. The first-order chi connectivity index (χ1) is 28.7. The molecule has 59 heavy (non-hydrogen) atoms. The zero-order valence-corrected chi connectivity index (χ0v) is 40.3. The molecule has 0 rings (SSSR count). The van der Waals surface area contributed by atoms with Crippen LogP contribution in [0.15, 0.2) is 0 Å². The third kappa shape index (κ3) is 39.0. The predicted molar refractivity (Wildman–Crippen MR) is 248 cm³/mol. The molecule has 0 amide bonds. The Labute approximate surface area is 366 Å². The van der Waals surface area contributed by atoms with E-state index >= 15 is 0 Å². The number of nitrogens with zero attached hydrogens (tertiary/aromatic N) is 1. The van der Waals surface area contributed by atoms with Crippen LogP contribution in [0, 0.1) is 17.8 Å². The highest BCUT2D eigenvalue weighted by Crippen LogP contribution is 2.24. The molecular formula is C51H99NO7. The maximum absolute atomic E-state index is 12.7. The van der Waals surface area contributed by atoms with Crippen molar-refractivity contribution < 1.29 is 33.3 Å². The molecule has 0 aliphatic carbocycles. The second-order valence-electron chi connectivity index (χ2n) is 18.2. The van der Waals surface area contributed by atoms with Crippen LogP contribution in [-0.2, 0) is 33.3 Å². The highest BCUT2D eigenvalue weighted by atomic mass is 16.6. The summed E-state index contributed by atoms with van der Waals surface area (Å²) in [5.74, 6) is 1.35. The first-order valence-corrected chi connectivity index (χ1v) is 25.4. The molecule has 8 heteroatoms. The molecule has 8 nitrogen and oxygen atoms in total. The Morgan fingerprint density at radius 3 is 1.17 bits per heavy atom. The Morgan fingerprint density at radius 1 is 0.424 bits per heavy atom. The summed E-state index contributed by atoms with van der Waals surface area (Å²) in [6, 6.07) is 0.